The zero-order valence-corrected chi connectivity index (χ0v) is 7.26. The Kier molecular flexibility index (Phi) is 5.09. The van der Waals surface area contributed by atoms with Crippen molar-refractivity contribution in [1.29, 1.82) is 0 Å². The van der Waals surface area contributed by atoms with Gasteiger partial charge in [-0.25, -0.2) is 0 Å². The van der Waals surface area contributed by atoms with Gasteiger partial charge in [0.1, 0.15) is 0 Å². The van der Waals surface area contributed by atoms with Gasteiger partial charge in [-0.2, -0.15) is 0 Å². The first kappa shape index (κ1) is 10.9. The number of hydrogen-bond donors (Lipinski definition) is 3. The van der Waals surface area contributed by atoms with Crippen molar-refractivity contribution in [1.82, 2.24) is 0 Å². The summed E-state index contributed by atoms with van der Waals surface area (Å²) in [5.74, 6) is 0. The van der Waals surface area contributed by atoms with Crippen molar-refractivity contribution in [2.45, 2.75) is 14.7 Å². The van der Waals surface area contributed by atoms with Crippen LogP contribution in [-0.4, -0.2) is 18.9 Å². The number of thiol groups is 3. The molecule has 0 aliphatic heterocycles. The van der Waals surface area contributed by atoms with Crippen molar-refractivity contribution in [3.63, 3.8) is 0 Å². The fourth-order valence-electron chi connectivity index (χ4n) is 0.580. The molecule has 0 saturated carbocycles. The molecule has 0 N–H and O–H groups in total. The minimum absolute atomic E-state index is 0. The summed E-state index contributed by atoms with van der Waals surface area (Å²) in [7, 11) is 0. The third kappa shape index (κ3) is 3.31. The standard InChI is InChI=1S/C6H6S3.Li.H/c7-4-1-5(8)3-6(9)2-4;;/h1-3,7-9H;;. The predicted molar refractivity (Wildman–Crippen MR) is 55.3 cm³/mol. The van der Waals surface area contributed by atoms with Gasteiger partial charge in [-0.1, -0.05) is 0 Å². The third-order valence-corrected chi connectivity index (χ3v) is 1.66. The van der Waals surface area contributed by atoms with Gasteiger partial charge in [-0.15, -0.1) is 37.9 Å². The van der Waals surface area contributed by atoms with E-state index in [4.69, 9.17) is 0 Å². The van der Waals surface area contributed by atoms with Crippen LogP contribution < -0.4 is 0 Å². The molecule has 0 saturated heterocycles. The summed E-state index contributed by atoms with van der Waals surface area (Å²) < 4.78 is 0. The van der Waals surface area contributed by atoms with Crippen LogP contribution in [0.1, 0.15) is 0 Å². The molecule has 10 heavy (non-hydrogen) atoms. The molecule has 4 heteroatoms. The van der Waals surface area contributed by atoms with E-state index in [2.05, 4.69) is 37.9 Å². The van der Waals surface area contributed by atoms with Crippen LogP contribution in [-0.2, 0) is 0 Å². The topological polar surface area (TPSA) is 0 Å². The molecule has 1 aromatic carbocycles. The van der Waals surface area contributed by atoms with Crippen LogP contribution in [0.15, 0.2) is 32.9 Å². The van der Waals surface area contributed by atoms with E-state index in [9.17, 15) is 0 Å². The van der Waals surface area contributed by atoms with E-state index in [1.54, 1.807) is 0 Å². The number of benzene rings is 1. The average Bonchev–Trinajstić information content (AvgIpc) is 1.59. The maximum absolute atomic E-state index is 4.13. The molecule has 0 atom stereocenters. The molecule has 0 nitrogen and oxygen atoms in total. The summed E-state index contributed by atoms with van der Waals surface area (Å²) in [6, 6.07) is 5.60. The van der Waals surface area contributed by atoms with Crippen molar-refractivity contribution in [2.24, 2.45) is 0 Å². The van der Waals surface area contributed by atoms with E-state index in [-0.39, 0.29) is 18.9 Å². The first-order chi connectivity index (χ1) is 4.18. The molecule has 0 bridgehead atoms. The van der Waals surface area contributed by atoms with Crippen LogP contribution in [0.5, 0.6) is 0 Å². The van der Waals surface area contributed by atoms with Gasteiger partial charge in [0, 0.05) is 14.7 Å². The second-order valence-electron chi connectivity index (χ2n) is 1.71. The molecular weight excluding hydrogens is 175 g/mol. The molecule has 0 aliphatic carbocycles. The van der Waals surface area contributed by atoms with E-state index < -0.39 is 0 Å². The summed E-state index contributed by atoms with van der Waals surface area (Å²) in [5.41, 5.74) is 0. The number of hydrogen-bond acceptors (Lipinski definition) is 3. The Labute approximate surface area is 89.2 Å². The molecule has 0 aliphatic rings. The Morgan fingerprint density at radius 1 is 0.700 bits per heavy atom. The van der Waals surface area contributed by atoms with Crippen molar-refractivity contribution >= 4 is 56.7 Å². The first-order valence-electron chi connectivity index (χ1n) is 2.40. The second-order valence-corrected chi connectivity index (χ2v) is 3.26. The fraction of sp³-hybridized carbons (Fsp3) is 0. The van der Waals surface area contributed by atoms with Gasteiger partial charge in [0.2, 0.25) is 0 Å². The van der Waals surface area contributed by atoms with Gasteiger partial charge in [0.25, 0.3) is 0 Å². The predicted octanol–water partition coefficient (Wildman–Crippen LogP) is 1.90. The van der Waals surface area contributed by atoms with Crippen LogP contribution in [0.3, 0.4) is 0 Å². The minimum atomic E-state index is 0. The van der Waals surface area contributed by atoms with Crippen molar-refractivity contribution in [2.75, 3.05) is 0 Å². The van der Waals surface area contributed by atoms with Gasteiger partial charge < -0.3 is 0 Å². The van der Waals surface area contributed by atoms with E-state index >= 15 is 0 Å². The summed E-state index contributed by atoms with van der Waals surface area (Å²) in [6.07, 6.45) is 0. The molecule has 0 spiro atoms. The normalized spacial score (nSPS) is 8.70. The molecule has 1 rings (SSSR count). The Balaban J connectivity index is 0.000000810. The molecular formula is C6H7LiS3. The molecule has 0 radical (unpaired) electrons. The van der Waals surface area contributed by atoms with E-state index in [1.165, 1.54) is 0 Å². The van der Waals surface area contributed by atoms with Crippen LogP contribution in [0, 0.1) is 0 Å². The molecule has 0 unspecified atom stereocenters. The van der Waals surface area contributed by atoms with E-state index in [0.29, 0.717) is 0 Å². The Hall–Kier alpha value is 0.867. The fourth-order valence-corrected chi connectivity index (χ4v) is 1.72. The molecule has 0 fully saturated rings. The van der Waals surface area contributed by atoms with Gasteiger partial charge in [0.05, 0.1) is 0 Å². The van der Waals surface area contributed by atoms with Crippen LogP contribution >= 0.6 is 37.9 Å². The average molecular weight is 182 g/mol. The summed E-state index contributed by atoms with van der Waals surface area (Å²) >= 11 is 12.4. The quantitative estimate of drug-likeness (QED) is 0.396. The van der Waals surface area contributed by atoms with Gasteiger partial charge >= 0.3 is 18.9 Å². The van der Waals surface area contributed by atoms with Gasteiger partial charge in [-0.05, 0) is 18.2 Å². The van der Waals surface area contributed by atoms with E-state index in [1.807, 2.05) is 18.2 Å². The summed E-state index contributed by atoms with van der Waals surface area (Å²) in [6.45, 7) is 0. The van der Waals surface area contributed by atoms with Crippen molar-refractivity contribution < 1.29 is 0 Å². The molecule has 0 aromatic heterocycles. The zero-order chi connectivity index (χ0) is 6.85. The van der Waals surface area contributed by atoms with Crippen LogP contribution in [0.2, 0.25) is 0 Å². The summed E-state index contributed by atoms with van der Waals surface area (Å²) in [4.78, 5) is 2.69. The van der Waals surface area contributed by atoms with Crippen molar-refractivity contribution in [3.05, 3.63) is 18.2 Å². The SMILES string of the molecule is Sc1cc(S)cc(S)c1.[LiH]. The Bertz CT molecular complexity index is 174. The third-order valence-electron chi connectivity index (χ3n) is 0.887. The molecule has 50 valence electrons. The Morgan fingerprint density at radius 3 is 1.10 bits per heavy atom. The van der Waals surface area contributed by atoms with Crippen molar-refractivity contribution in [3.8, 4) is 0 Å². The molecule has 0 amide bonds. The number of rotatable bonds is 0. The van der Waals surface area contributed by atoms with Gasteiger partial charge in [0.15, 0.2) is 0 Å². The molecule has 0 heterocycles. The van der Waals surface area contributed by atoms with Crippen LogP contribution in [0.4, 0.5) is 0 Å². The summed E-state index contributed by atoms with van der Waals surface area (Å²) in [5, 5.41) is 0. The van der Waals surface area contributed by atoms with Crippen LogP contribution in [0.25, 0.3) is 0 Å². The maximum atomic E-state index is 4.13. The molecule has 1 aromatic rings. The zero-order valence-electron chi connectivity index (χ0n) is 4.57. The monoisotopic (exact) mass is 182 g/mol. The second kappa shape index (κ2) is 4.69. The first-order valence-corrected chi connectivity index (χ1v) is 3.74. The van der Waals surface area contributed by atoms with Gasteiger partial charge in [-0.3, -0.25) is 0 Å². The van der Waals surface area contributed by atoms with E-state index in [0.717, 1.165) is 14.7 Å². The Morgan fingerprint density at radius 2 is 0.900 bits per heavy atom.